The molecule has 0 unspecified atom stereocenters. The quantitative estimate of drug-likeness (QED) is 0.814. The standard InChI is InChI=1S/C13H13ClN4/c14-12-11(15)13(17-7-16-12)18-10-5-8-3-1-2-4-9(8)6-10/h1-4,7,10H,5-6,15H2,(H,16,17,18). The first-order valence-corrected chi connectivity index (χ1v) is 6.21. The average Bonchev–Trinajstić information content (AvgIpc) is 2.77. The minimum Gasteiger partial charge on any atom is -0.393 e. The van der Waals surface area contributed by atoms with Crippen molar-refractivity contribution in [3.05, 3.63) is 46.9 Å². The van der Waals surface area contributed by atoms with E-state index >= 15 is 0 Å². The molecule has 0 atom stereocenters. The number of benzene rings is 1. The van der Waals surface area contributed by atoms with Crippen LogP contribution in [0.4, 0.5) is 11.5 Å². The SMILES string of the molecule is Nc1c(Cl)ncnc1NC1Cc2ccccc2C1. The maximum Gasteiger partial charge on any atom is 0.157 e. The smallest absolute Gasteiger partial charge is 0.157 e. The molecule has 0 fully saturated rings. The summed E-state index contributed by atoms with van der Waals surface area (Å²) in [5.41, 5.74) is 9.02. The third-order valence-electron chi connectivity index (χ3n) is 3.23. The highest BCUT2D eigenvalue weighted by Gasteiger charge is 2.21. The number of nitrogen functional groups attached to an aromatic ring is 1. The number of hydrogen-bond acceptors (Lipinski definition) is 4. The zero-order valence-electron chi connectivity index (χ0n) is 9.73. The molecule has 0 saturated heterocycles. The molecule has 0 bridgehead atoms. The molecule has 1 aliphatic carbocycles. The summed E-state index contributed by atoms with van der Waals surface area (Å²) in [5, 5.41) is 3.63. The first-order chi connectivity index (χ1) is 8.74. The highest BCUT2D eigenvalue weighted by Crippen LogP contribution is 2.27. The molecule has 0 aliphatic heterocycles. The van der Waals surface area contributed by atoms with Crippen LogP contribution in [-0.4, -0.2) is 16.0 Å². The van der Waals surface area contributed by atoms with Gasteiger partial charge in [-0.25, -0.2) is 9.97 Å². The Morgan fingerprint density at radius 1 is 1.17 bits per heavy atom. The number of fused-ring (bicyclic) bond motifs is 1. The number of nitrogens with one attached hydrogen (secondary N) is 1. The number of hydrogen-bond donors (Lipinski definition) is 2. The van der Waals surface area contributed by atoms with E-state index in [1.807, 2.05) is 0 Å². The first kappa shape index (κ1) is 11.3. The Kier molecular flexibility index (Phi) is 2.80. The maximum absolute atomic E-state index is 5.87. The topological polar surface area (TPSA) is 63.8 Å². The van der Waals surface area contributed by atoms with E-state index in [4.69, 9.17) is 17.3 Å². The summed E-state index contributed by atoms with van der Waals surface area (Å²) in [6, 6.07) is 8.77. The third kappa shape index (κ3) is 1.99. The molecule has 92 valence electrons. The summed E-state index contributed by atoms with van der Waals surface area (Å²) < 4.78 is 0. The molecule has 1 heterocycles. The first-order valence-electron chi connectivity index (χ1n) is 5.83. The summed E-state index contributed by atoms with van der Waals surface area (Å²) in [6.07, 6.45) is 3.39. The Morgan fingerprint density at radius 2 is 1.83 bits per heavy atom. The van der Waals surface area contributed by atoms with E-state index in [-0.39, 0.29) is 0 Å². The van der Waals surface area contributed by atoms with Crippen molar-refractivity contribution in [3.8, 4) is 0 Å². The molecule has 4 nitrogen and oxygen atoms in total. The van der Waals surface area contributed by atoms with Gasteiger partial charge < -0.3 is 11.1 Å². The molecule has 5 heteroatoms. The highest BCUT2D eigenvalue weighted by atomic mass is 35.5. The van der Waals surface area contributed by atoms with Crippen molar-refractivity contribution in [2.75, 3.05) is 11.1 Å². The molecule has 0 radical (unpaired) electrons. The minimum absolute atomic E-state index is 0.294. The zero-order valence-corrected chi connectivity index (χ0v) is 10.5. The molecule has 0 amide bonds. The number of aromatic nitrogens is 2. The fourth-order valence-electron chi connectivity index (χ4n) is 2.34. The number of nitrogens with zero attached hydrogens (tertiary/aromatic N) is 2. The lowest BCUT2D eigenvalue weighted by molar-refractivity contribution is 0.768. The highest BCUT2D eigenvalue weighted by molar-refractivity contribution is 6.32. The molecule has 18 heavy (non-hydrogen) atoms. The van der Waals surface area contributed by atoms with Crippen LogP contribution in [-0.2, 0) is 12.8 Å². The van der Waals surface area contributed by atoms with Crippen LogP contribution in [0.15, 0.2) is 30.6 Å². The molecule has 0 spiro atoms. The van der Waals surface area contributed by atoms with Gasteiger partial charge in [-0.3, -0.25) is 0 Å². The Morgan fingerprint density at radius 3 is 2.50 bits per heavy atom. The lowest BCUT2D eigenvalue weighted by atomic mass is 10.1. The van der Waals surface area contributed by atoms with Crippen LogP contribution in [0.25, 0.3) is 0 Å². The van der Waals surface area contributed by atoms with E-state index in [2.05, 4.69) is 39.6 Å². The van der Waals surface area contributed by atoms with Gasteiger partial charge in [0.1, 0.15) is 12.0 Å². The van der Waals surface area contributed by atoms with Crippen LogP contribution < -0.4 is 11.1 Å². The molecule has 1 aromatic heterocycles. The van der Waals surface area contributed by atoms with Crippen LogP contribution in [0.5, 0.6) is 0 Å². The lowest BCUT2D eigenvalue weighted by Gasteiger charge is -2.14. The number of rotatable bonds is 2. The summed E-state index contributed by atoms with van der Waals surface area (Å²) in [6.45, 7) is 0. The molecule has 2 aromatic rings. The van der Waals surface area contributed by atoms with Crippen molar-refractivity contribution in [3.63, 3.8) is 0 Å². The van der Waals surface area contributed by atoms with Crippen LogP contribution in [0.3, 0.4) is 0 Å². The van der Waals surface area contributed by atoms with Gasteiger partial charge in [-0.2, -0.15) is 0 Å². The van der Waals surface area contributed by atoms with Gasteiger partial charge in [0.25, 0.3) is 0 Å². The van der Waals surface area contributed by atoms with Gasteiger partial charge in [-0.1, -0.05) is 35.9 Å². The predicted octanol–water partition coefficient (Wildman–Crippen LogP) is 2.29. The monoisotopic (exact) mass is 260 g/mol. The predicted molar refractivity (Wildman–Crippen MR) is 72.7 cm³/mol. The zero-order chi connectivity index (χ0) is 12.5. The van der Waals surface area contributed by atoms with Gasteiger partial charge >= 0.3 is 0 Å². The van der Waals surface area contributed by atoms with E-state index in [1.54, 1.807) is 0 Å². The Hall–Kier alpha value is -1.81. The molecule has 3 N–H and O–H groups in total. The largest absolute Gasteiger partial charge is 0.393 e. The van der Waals surface area contributed by atoms with E-state index < -0.39 is 0 Å². The van der Waals surface area contributed by atoms with E-state index in [0.717, 1.165) is 12.8 Å². The summed E-state index contributed by atoms with van der Waals surface area (Å²) in [5.74, 6) is 0.618. The summed E-state index contributed by atoms with van der Waals surface area (Å²) in [7, 11) is 0. The van der Waals surface area contributed by atoms with Gasteiger partial charge in [0.2, 0.25) is 0 Å². The Balaban J connectivity index is 1.78. The van der Waals surface area contributed by atoms with E-state index in [0.29, 0.717) is 22.7 Å². The van der Waals surface area contributed by atoms with Gasteiger partial charge in [0.15, 0.2) is 11.0 Å². The molecular weight excluding hydrogens is 248 g/mol. The number of anilines is 2. The molecule has 3 rings (SSSR count). The molecule has 1 aliphatic rings. The molecule has 1 aromatic carbocycles. The fourth-order valence-corrected chi connectivity index (χ4v) is 2.48. The normalized spacial score (nSPS) is 14.5. The van der Waals surface area contributed by atoms with Crippen molar-refractivity contribution in [2.24, 2.45) is 0 Å². The summed E-state index contributed by atoms with van der Waals surface area (Å²) >= 11 is 5.87. The second kappa shape index (κ2) is 4.46. The van der Waals surface area contributed by atoms with E-state index in [1.165, 1.54) is 17.5 Å². The number of nitrogens with two attached hydrogens (primary N) is 1. The lowest BCUT2D eigenvalue weighted by Crippen LogP contribution is -2.21. The summed E-state index contributed by atoms with van der Waals surface area (Å²) in [4.78, 5) is 7.98. The van der Waals surface area contributed by atoms with Crippen molar-refractivity contribution in [1.82, 2.24) is 9.97 Å². The second-order valence-electron chi connectivity index (χ2n) is 4.44. The molecule has 0 saturated carbocycles. The fraction of sp³-hybridized carbons (Fsp3) is 0.231. The average molecular weight is 261 g/mol. The van der Waals surface area contributed by atoms with Crippen LogP contribution in [0.2, 0.25) is 5.15 Å². The van der Waals surface area contributed by atoms with Gasteiger partial charge in [-0.05, 0) is 24.0 Å². The van der Waals surface area contributed by atoms with Crippen molar-refractivity contribution >= 4 is 23.1 Å². The number of halogens is 1. The molecular formula is C13H13ClN4. The second-order valence-corrected chi connectivity index (χ2v) is 4.80. The van der Waals surface area contributed by atoms with Crippen molar-refractivity contribution < 1.29 is 0 Å². The van der Waals surface area contributed by atoms with Crippen LogP contribution in [0, 0.1) is 0 Å². The van der Waals surface area contributed by atoms with Gasteiger partial charge in [0, 0.05) is 6.04 Å². The van der Waals surface area contributed by atoms with Gasteiger partial charge in [-0.15, -0.1) is 0 Å². The van der Waals surface area contributed by atoms with Crippen LogP contribution >= 0.6 is 11.6 Å². The van der Waals surface area contributed by atoms with Crippen LogP contribution in [0.1, 0.15) is 11.1 Å². The van der Waals surface area contributed by atoms with Gasteiger partial charge in [0.05, 0.1) is 0 Å². The Bertz CT molecular complexity index is 560. The van der Waals surface area contributed by atoms with E-state index in [9.17, 15) is 0 Å². The van der Waals surface area contributed by atoms with Crippen molar-refractivity contribution in [1.29, 1.82) is 0 Å². The maximum atomic E-state index is 5.87. The van der Waals surface area contributed by atoms with Crippen molar-refractivity contribution in [2.45, 2.75) is 18.9 Å². The Labute approximate surface area is 110 Å². The minimum atomic E-state index is 0.294. The third-order valence-corrected chi connectivity index (χ3v) is 3.53.